The molecular weight excluding hydrogens is 418 g/mol. The lowest BCUT2D eigenvalue weighted by molar-refractivity contribution is 0.0733. The topological polar surface area (TPSA) is 55.4 Å². The Kier molecular flexibility index (Phi) is 5.71. The van der Waals surface area contributed by atoms with E-state index in [4.69, 9.17) is 16.3 Å². The Balaban J connectivity index is 1.84. The molecule has 0 unspecified atom stereocenters. The maximum absolute atomic E-state index is 12.6. The summed E-state index contributed by atoms with van der Waals surface area (Å²) in [4.78, 5) is 24.9. The monoisotopic (exact) mass is 429 g/mol. The average molecular weight is 431 g/mol. The summed E-state index contributed by atoms with van der Waals surface area (Å²) in [6.07, 6.45) is 0. The summed E-state index contributed by atoms with van der Waals surface area (Å²) in [5.74, 6) is -0.869. The molecule has 0 aliphatic carbocycles. The molecule has 1 amide bonds. The van der Waals surface area contributed by atoms with Crippen LogP contribution in [0.25, 0.3) is 0 Å². The van der Waals surface area contributed by atoms with Gasteiger partial charge in [-0.15, -0.1) is 0 Å². The second kappa shape index (κ2) is 8.17. The summed E-state index contributed by atoms with van der Waals surface area (Å²) in [5, 5.41) is 3.13. The highest BCUT2D eigenvalue weighted by atomic mass is 79.9. The summed E-state index contributed by atoms with van der Waals surface area (Å²) in [6, 6.07) is 20.2. The molecule has 3 aromatic rings. The third kappa shape index (κ3) is 4.50. The Hall–Kier alpha value is -2.63. The van der Waals surface area contributed by atoms with Crippen LogP contribution in [0.3, 0.4) is 0 Å². The number of hydrogen-bond acceptors (Lipinski definition) is 3. The number of halogens is 2. The second-order valence-electron chi connectivity index (χ2n) is 5.36. The fourth-order valence-corrected chi connectivity index (χ4v) is 2.66. The first-order valence-corrected chi connectivity index (χ1v) is 8.84. The van der Waals surface area contributed by atoms with Gasteiger partial charge in [-0.3, -0.25) is 4.79 Å². The Labute approximate surface area is 163 Å². The van der Waals surface area contributed by atoms with Crippen molar-refractivity contribution in [3.63, 3.8) is 0 Å². The smallest absolute Gasteiger partial charge is 0.343 e. The summed E-state index contributed by atoms with van der Waals surface area (Å²) >= 11 is 9.34. The molecular formula is C20H13BrClNO3. The Morgan fingerprint density at radius 2 is 1.62 bits per heavy atom. The van der Waals surface area contributed by atoms with Crippen molar-refractivity contribution in [2.45, 2.75) is 0 Å². The highest BCUT2D eigenvalue weighted by molar-refractivity contribution is 9.10. The number of ether oxygens (including phenoxy) is 1. The van der Waals surface area contributed by atoms with Gasteiger partial charge in [0, 0.05) is 21.2 Å². The maximum atomic E-state index is 12.6. The van der Waals surface area contributed by atoms with Gasteiger partial charge in [-0.2, -0.15) is 0 Å². The molecule has 0 aromatic heterocycles. The number of anilines is 1. The van der Waals surface area contributed by atoms with Crippen molar-refractivity contribution < 1.29 is 14.3 Å². The molecule has 3 rings (SSSR count). The molecule has 4 nitrogen and oxygen atoms in total. The fourth-order valence-electron chi connectivity index (χ4n) is 2.23. The van der Waals surface area contributed by atoms with Crippen LogP contribution in [0.5, 0.6) is 5.75 Å². The van der Waals surface area contributed by atoms with Gasteiger partial charge >= 0.3 is 5.97 Å². The predicted molar refractivity (Wildman–Crippen MR) is 105 cm³/mol. The molecule has 0 saturated carbocycles. The van der Waals surface area contributed by atoms with Crippen molar-refractivity contribution in [3.8, 4) is 5.75 Å². The van der Waals surface area contributed by atoms with Crippen molar-refractivity contribution in [1.29, 1.82) is 0 Å². The summed E-state index contributed by atoms with van der Waals surface area (Å²) < 4.78 is 6.30. The zero-order valence-corrected chi connectivity index (χ0v) is 15.8. The van der Waals surface area contributed by atoms with Crippen LogP contribution in [0, 0.1) is 0 Å². The summed E-state index contributed by atoms with van der Waals surface area (Å²) in [7, 11) is 0. The SMILES string of the molecule is O=C(Oc1cc(Cl)ccc1C(=O)Nc1ccc(Br)cc1)c1ccccc1. The third-order valence-corrected chi connectivity index (χ3v) is 4.27. The van der Waals surface area contributed by atoms with Crippen LogP contribution in [-0.2, 0) is 0 Å². The van der Waals surface area contributed by atoms with Gasteiger partial charge in [0.15, 0.2) is 0 Å². The van der Waals surface area contributed by atoms with Gasteiger partial charge in [-0.05, 0) is 48.5 Å². The third-order valence-electron chi connectivity index (χ3n) is 3.50. The minimum atomic E-state index is -0.564. The standard InChI is InChI=1S/C20H13BrClNO3/c21-14-6-9-16(10-7-14)23-19(24)17-11-8-15(22)12-18(17)26-20(25)13-4-2-1-3-5-13/h1-12H,(H,23,24). The van der Waals surface area contributed by atoms with E-state index in [1.807, 2.05) is 12.1 Å². The molecule has 26 heavy (non-hydrogen) atoms. The first-order chi connectivity index (χ1) is 12.5. The lowest BCUT2D eigenvalue weighted by Crippen LogP contribution is -2.16. The van der Waals surface area contributed by atoms with E-state index in [1.54, 1.807) is 48.5 Å². The molecule has 130 valence electrons. The molecule has 0 spiro atoms. The number of rotatable bonds is 4. The first-order valence-electron chi connectivity index (χ1n) is 7.66. The van der Waals surface area contributed by atoms with Gasteiger partial charge in [0.1, 0.15) is 5.75 Å². The van der Waals surface area contributed by atoms with Crippen molar-refractivity contribution in [2.75, 3.05) is 5.32 Å². The fraction of sp³-hybridized carbons (Fsp3) is 0. The first kappa shape index (κ1) is 18.2. The molecule has 0 bridgehead atoms. The van der Waals surface area contributed by atoms with Crippen molar-refractivity contribution in [3.05, 3.63) is 93.4 Å². The highest BCUT2D eigenvalue weighted by Gasteiger charge is 2.17. The van der Waals surface area contributed by atoms with Crippen LogP contribution in [-0.4, -0.2) is 11.9 Å². The zero-order chi connectivity index (χ0) is 18.5. The summed E-state index contributed by atoms with van der Waals surface area (Å²) in [5.41, 5.74) is 1.21. The van der Waals surface area contributed by atoms with E-state index in [-0.39, 0.29) is 11.3 Å². The molecule has 0 radical (unpaired) electrons. The Bertz CT molecular complexity index is 943. The number of benzene rings is 3. The van der Waals surface area contributed by atoms with Crippen LogP contribution in [0.4, 0.5) is 5.69 Å². The van der Waals surface area contributed by atoms with Crippen LogP contribution < -0.4 is 10.1 Å². The molecule has 0 saturated heterocycles. The van der Waals surface area contributed by atoms with E-state index >= 15 is 0 Å². The summed E-state index contributed by atoms with van der Waals surface area (Å²) in [6.45, 7) is 0. The molecule has 0 aliphatic heterocycles. The maximum Gasteiger partial charge on any atom is 0.343 e. The van der Waals surface area contributed by atoms with Crippen LogP contribution >= 0.6 is 27.5 Å². The number of amides is 1. The molecule has 0 fully saturated rings. The van der Waals surface area contributed by atoms with Crippen LogP contribution in [0.15, 0.2) is 77.3 Å². The van der Waals surface area contributed by atoms with E-state index in [9.17, 15) is 9.59 Å². The van der Waals surface area contributed by atoms with Crippen molar-refractivity contribution in [1.82, 2.24) is 0 Å². The van der Waals surface area contributed by atoms with E-state index in [1.165, 1.54) is 12.1 Å². The highest BCUT2D eigenvalue weighted by Crippen LogP contribution is 2.26. The molecule has 3 aromatic carbocycles. The molecule has 6 heteroatoms. The predicted octanol–water partition coefficient (Wildman–Crippen LogP) is 5.57. The van der Waals surface area contributed by atoms with E-state index in [2.05, 4.69) is 21.2 Å². The Morgan fingerprint density at radius 1 is 0.923 bits per heavy atom. The van der Waals surface area contributed by atoms with Crippen LogP contribution in [0.1, 0.15) is 20.7 Å². The quantitative estimate of drug-likeness (QED) is 0.434. The number of hydrogen-bond donors (Lipinski definition) is 1. The normalized spacial score (nSPS) is 10.2. The van der Waals surface area contributed by atoms with Crippen molar-refractivity contribution >= 4 is 45.1 Å². The minimum absolute atomic E-state index is 0.0981. The van der Waals surface area contributed by atoms with Crippen LogP contribution in [0.2, 0.25) is 5.02 Å². The molecule has 1 N–H and O–H groups in total. The minimum Gasteiger partial charge on any atom is -0.422 e. The number of carbonyl (C=O) groups excluding carboxylic acids is 2. The van der Waals surface area contributed by atoms with Gasteiger partial charge in [-0.25, -0.2) is 4.79 Å². The largest absolute Gasteiger partial charge is 0.422 e. The van der Waals surface area contributed by atoms with Gasteiger partial charge in [0.2, 0.25) is 0 Å². The lowest BCUT2D eigenvalue weighted by Gasteiger charge is -2.11. The second-order valence-corrected chi connectivity index (χ2v) is 6.71. The van der Waals surface area contributed by atoms with E-state index < -0.39 is 11.9 Å². The number of esters is 1. The zero-order valence-electron chi connectivity index (χ0n) is 13.4. The lowest BCUT2D eigenvalue weighted by atomic mass is 10.1. The molecule has 0 heterocycles. The van der Waals surface area contributed by atoms with Crippen molar-refractivity contribution in [2.24, 2.45) is 0 Å². The average Bonchev–Trinajstić information content (AvgIpc) is 2.64. The van der Waals surface area contributed by atoms with Gasteiger partial charge in [0.05, 0.1) is 11.1 Å². The van der Waals surface area contributed by atoms with Gasteiger partial charge in [0.25, 0.3) is 5.91 Å². The number of carbonyl (C=O) groups is 2. The van der Waals surface area contributed by atoms with Gasteiger partial charge < -0.3 is 10.1 Å². The number of nitrogens with one attached hydrogen (secondary N) is 1. The molecule has 0 aliphatic rings. The van der Waals surface area contributed by atoms with Gasteiger partial charge in [-0.1, -0.05) is 45.7 Å². The molecule has 0 atom stereocenters. The van der Waals surface area contributed by atoms with E-state index in [0.29, 0.717) is 16.3 Å². The Morgan fingerprint density at radius 3 is 2.31 bits per heavy atom. The van der Waals surface area contributed by atoms with E-state index in [0.717, 1.165) is 4.47 Å².